The predicted octanol–water partition coefficient (Wildman–Crippen LogP) is 3.30. The number of nitrogens with zero attached hydrogens (tertiary/aromatic N) is 2. The van der Waals surface area contributed by atoms with Crippen molar-refractivity contribution in [3.63, 3.8) is 0 Å². The molecule has 0 aromatic carbocycles. The minimum Gasteiger partial charge on any atom is -0.236 e. The van der Waals surface area contributed by atoms with Gasteiger partial charge in [0.25, 0.3) is 0 Å². The molecule has 0 saturated heterocycles. The summed E-state index contributed by atoms with van der Waals surface area (Å²) in [6.45, 7) is 8.52. The first-order chi connectivity index (χ1) is 6.48. The molecule has 0 fully saturated rings. The highest BCUT2D eigenvalue weighted by atomic mass is 32.1. The minimum atomic E-state index is 0.0941. The molecule has 0 bridgehead atoms. The number of hydrogen-bond donors (Lipinski definition) is 0. The molecule has 14 heavy (non-hydrogen) atoms. The Kier molecular flexibility index (Phi) is 2.07. The maximum atomic E-state index is 4.54. The lowest BCUT2D eigenvalue weighted by Gasteiger charge is -2.18. The monoisotopic (exact) mass is 206 g/mol. The molecule has 0 spiro atoms. The van der Waals surface area contributed by atoms with E-state index in [0.29, 0.717) is 0 Å². The van der Waals surface area contributed by atoms with Crippen LogP contribution in [-0.2, 0) is 5.41 Å². The predicted molar refractivity (Wildman–Crippen MR) is 60.9 cm³/mol. The van der Waals surface area contributed by atoms with Crippen LogP contribution in [0, 0.1) is 6.92 Å². The van der Waals surface area contributed by atoms with Crippen molar-refractivity contribution in [1.29, 1.82) is 0 Å². The van der Waals surface area contributed by atoms with Gasteiger partial charge in [-0.25, -0.2) is 9.97 Å². The fraction of sp³-hybridized carbons (Fsp3) is 0.455. The highest BCUT2D eigenvalue weighted by Crippen LogP contribution is 2.30. The van der Waals surface area contributed by atoms with Gasteiger partial charge >= 0.3 is 0 Å². The van der Waals surface area contributed by atoms with E-state index in [4.69, 9.17) is 0 Å². The van der Waals surface area contributed by atoms with Gasteiger partial charge in [0.1, 0.15) is 5.82 Å². The van der Waals surface area contributed by atoms with Crippen LogP contribution in [0.4, 0.5) is 0 Å². The van der Waals surface area contributed by atoms with Crippen molar-refractivity contribution in [2.24, 2.45) is 0 Å². The van der Waals surface area contributed by atoms with Gasteiger partial charge in [-0.05, 0) is 18.4 Å². The maximum Gasteiger partial charge on any atom is 0.126 e. The Morgan fingerprint density at radius 3 is 2.57 bits per heavy atom. The molecule has 0 atom stereocenters. The lowest BCUT2D eigenvalue weighted by atomic mass is 9.91. The lowest BCUT2D eigenvalue weighted by molar-refractivity contribution is 0.572. The summed E-state index contributed by atoms with van der Waals surface area (Å²) in [5, 5.41) is 2.08. The van der Waals surface area contributed by atoms with Gasteiger partial charge in [0.2, 0.25) is 0 Å². The Hall–Kier alpha value is -0.960. The van der Waals surface area contributed by atoms with Gasteiger partial charge in [-0.15, -0.1) is 11.3 Å². The summed E-state index contributed by atoms with van der Waals surface area (Å²) in [5.74, 6) is 0.862. The molecule has 0 aliphatic rings. The van der Waals surface area contributed by atoms with E-state index in [1.165, 1.54) is 4.70 Å². The minimum absolute atomic E-state index is 0.0941. The molecule has 2 heterocycles. The summed E-state index contributed by atoms with van der Waals surface area (Å²) in [4.78, 5) is 8.95. The third kappa shape index (κ3) is 1.52. The maximum absolute atomic E-state index is 4.54. The van der Waals surface area contributed by atoms with Gasteiger partial charge in [0, 0.05) is 5.41 Å². The van der Waals surface area contributed by atoms with Gasteiger partial charge in [-0.2, -0.15) is 0 Å². The second kappa shape index (κ2) is 3.02. The first kappa shape index (κ1) is 9.59. The molecule has 2 nitrogen and oxygen atoms in total. The van der Waals surface area contributed by atoms with E-state index in [1.54, 1.807) is 11.3 Å². The Morgan fingerprint density at radius 1 is 1.21 bits per heavy atom. The van der Waals surface area contributed by atoms with Crippen molar-refractivity contribution >= 4 is 21.6 Å². The third-order valence-corrected chi connectivity index (χ3v) is 3.04. The highest BCUT2D eigenvalue weighted by Gasteiger charge is 2.20. The van der Waals surface area contributed by atoms with Crippen molar-refractivity contribution in [3.05, 3.63) is 23.0 Å². The molecular formula is C11H14N2S. The number of aryl methyl sites for hydroxylation is 1. The molecule has 74 valence electrons. The molecule has 0 N–H and O–H groups in total. The van der Waals surface area contributed by atoms with Crippen LogP contribution >= 0.6 is 11.3 Å². The fourth-order valence-electron chi connectivity index (χ4n) is 1.49. The van der Waals surface area contributed by atoms with Crippen molar-refractivity contribution < 1.29 is 0 Å². The van der Waals surface area contributed by atoms with E-state index in [2.05, 4.69) is 42.2 Å². The largest absolute Gasteiger partial charge is 0.236 e. The fourth-order valence-corrected chi connectivity index (χ4v) is 2.52. The normalized spacial score (nSPS) is 12.3. The summed E-state index contributed by atoms with van der Waals surface area (Å²) in [6.07, 6.45) is 0. The second-order valence-electron chi connectivity index (χ2n) is 4.50. The van der Waals surface area contributed by atoms with Gasteiger partial charge < -0.3 is 0 Å². The Labute approximate surface area is 88.0 Å². The van der Waals surface area contributed by atoms with Crippen molar-refractivity contribution in [3.8, 4) is 0 Å². The van der Waals surface area contributed by atoms with Crippen LogP contribution in [0.1, 0.15) is 32.3 Å². The van der Waals surface area contributed by atoms with Crippen LogP contribution < -0.4 is 0 Å². The van der Waals surface area contributed by atoms with Crippen molar-refractivity contribution in [2.75, 3.05) is 0 Å². The highest BCUT2D eigenvalue weighted by molar-refractivity contribution is 7.17. The smallest absolute Gasteiger partial charge is 0.126 e. The van der Waals surface area contributed by atoms with Gasteiger partial charge in [-0.1, -0.05) is 20.8 Å². The lowest BCUT2D eigenvalue weighted by Crippen LogP contribution is -2.14. The summed E-state index contributed by atoms with van der Waals surface area (Å²) >= 11 is 1.72. The molecule has 2 rings (SSSR count). The van der Waals surface area contributed by atoms with E-state index in [-0.39, 0.29) is 5.41 Å². The molecular weight excluding hydrogens is 192 g/mol. The van der Waals surface area contributed by atoms with Crippen LogP contribution in [0.2, 0.25) is 0 Å². The molecule has 0 radical (unpaired) electrons. The van der Waals surface area contributed by atoms with Gasteiger partial charge in [-0.3, -0.25) is 0 Å². The van der Waals surface area contributed by atoms with Crippen LogP contribution in [0.5, 0.6) is 0 Å². The average Bonchev–Trinajstić information content (AvgIpc) is 2.47. The zero-order valence-corrected chi connectivity index (χ0v) is 9.77. The molecule has 0 unspecified atom stereocenters. The molecule has 0 aliphatic carbocycles. The quantitative estimate of drug-likeness (QED) is 0.661. The Balaban J connectivity index is 2.80. The first-order valence-corrected chi connectivity index (χ1v) is 5.59. The molecule has 2 aromatic heterocycles. The van der Waals surface area contributed by atoms with Crippen molar-refractivity contribution in [1.82, 2.24) is 9.97 Å². The van der Waals surface area contributed by atoms with E-state index >= 15 is 0 Å². The number of hydrogen-bond acceptors (Lipinski definition) is 3. The SMILES string of the molecule is Cc1nc(C(C)(C)C)c2sccc2n1. The third-order valence-electron chi connectivity index (χ3n) is 2.13. The molecule has 0 amide bonds. The van der Waals surface area contributed by atoms with Crippen molar-refractivity contribution in [2.45, 2.75) is 33.1 Å². The van der Waals surface area contributed by atoms with Gasteiger partial charge in [0.15, 0.2) is 0 Å². The second-order valence-corrected chi connectivity index (χ2v) is 5.42. The van der Waals surface area contributed by atoms with E-state index in [1.807, 2.05) is 6.92 Å². The first-order valence-electron chi connectivity index (χ1n) is 4.71. The summed E-state index contributed by atoms with van der Waals surface area (Å²) < 4.78 is 1.23. The van der Waals surface area contributed by atoms with Crippen LogP contribution in [0.15, 0.2) is 11.4 Å². The number of fused-ring (bicyclic) bond motifs is 1. The van der Waals surface area contributed by atoms with E-state index in [0.717, 1.165) is 17.0 Å². The molecule has 3 heteroatoms. The number of thiophene rings is 1. The summed E-state index contributed by atoms with van der Waals surface area (Å²) in [7, 11) is 0. The Morgan fingerprint density at radius 2 is 1.93 bits per heavy atom. The number of aromatic nitrogens is 2. The van der Waals surface area contributed by atoms with E-state index < -0.39 is 0 Å². The van der Waals surface area contributed by atoms with Gasteiger partial charge in [0.05, 0.1) is 15.9 Å². The topological polar surface area (TPSA) is 25.8 Å². The molecule has 2 aromatic rings. The van der Waals surface area contributed by atoms with Crippen LogP contribution in [0.3, 0.4) is 0 Å². The number of rotatable bonds is 0. The van der Waals surface area contributed by atoms with Crippen LogP contribution in [0.25, 0.3) is 10.2 Å². The zero-order valence-electron chi connectivity index (χ0n) is 8.96. The standard InChI is InChI=1S/C11H14N2S/c1-7-12-8-5-6-14-9(8)10(13-7)11(2,3)4/h5-6H,1-4H3. The summed E-state index contributed by atoms with van der Waals surface area (Å²) in [6, 6.07) is 2.06. The molecule has 0 saturated carbocycles. The average molecular weight is 206 g/mol. The van der Waals surface area contributed by atoms with E-state index in [9.17, 15) is 0 Å². The molecule has 0 aliphatic heterocycles. The summed E-state index contributed by atoms with van der Waals surface area (Å²) in [5.41, 5.74) is 2.33. The van der Waals surface area contributed by atoms with Crippen LogP contribution in [-0.4, -0.2) is 9.97 Å². The Bertz CT molecular complexity index is 466. The zero-order chi connectivity index (χ0) is 10.3.